The van der Waals surface area contributed by atoms with Crippen LogP contribution in [0.15, 0.2) is 24.5 Å². The molecule has 1 aromatic rings. The molecule has 15 heavy (non-hydrogen) atoms. The standard InChI is InChI=1S/C13H20N2/c1-10(14)11-2-4-12(5-3-11)13-6-8-15-9-7-13/h6-12H,2-5,14H2,1H3/t10-,11?,12?/m1/s1. The van der Waals surface area contributed by atoms with Gasteiger partial charge in [-0.1, -0.05) is 0 Å². The topological polar surface area (TPSA) is 38.9 Å². The lowest BCUT2D eigenvalue weighted by Gasteiger charge is -2.30. The third-order valence-electron chi connectivity index (χ3n) is 3.69. The van der Waals surface area contributed by atoms with E-state index in [0.717, 1.165) is 11.8 Å². The van der Waals surface area contributed by atoms with Crippen LogP contribution in [0, 0.1) is 5.92 Å². The molecule has 0 bridgehead atoms. The maximum atomic E-state index is 5.94. The summed E-state index contributed by atoms with van der Waals surface area (Å²) in [7, 11) is 0. The highest BCUT2D eigenvalue weighted by Gasteiger charge is 2.24. The van der Waals surface area contributed by atoms with Crippen molar-refractivity contribution in [1.29, 1.82) is 0 Å². The van der Waals surface area contributed by atoms with Crippen LogP contribution in [0.25, 0.3) is 0 Å². The SMILES string of the molecule is C[C@@H](N)C1CCC(c2ccncc2)CC1. The van der Waals surface area contributed by atoms with Gasteiger partial charge in [-0.25, -0.2) is 0 Å². The molecule has 0 unspecified atom stereocenters. The zero-order valence-electron chi connectivity index (χ0n) is 9.39. The zero-order valence-corrected chi connectivity index (χ0v) is 9.39. The molecule has 0 saturated heterocycles. The first-order valence-corrected chi connectivity index (χ1v) is 5.93. The van der Waals surface area contributed by atoms with Crippen LogP contribution in [0.5, 0.6) is 0 Å². The van der Waals surface area contributed by atoms with E-state index in [1.54, 1.807) is 0 Å². The van der Waals surface area contributed by atoms with E-state index in [1.807, 2.05) is 12.4 Å². The Morgan fingerprint density at radius 3 is 2.33 bits per heavy atom. The normalized spacial score (nSPS) is 28.7. The number of hydrogen-bond donors (Lipinski definition) is 1. The van der Waals surface area contributed by atoms with Crippen molar-refractivity contribution in [2.24, 2.45) is 11.7 Å². The van der Waals surface area contributed by atoms with E-state index in [0.29, 0.717) is 6.04 Å². The first-order chi connectivity index (χ1) is 7.27. The van der Waals surface area contributed by atoms with Crippen LogP contribution < -0.4 is 5.73 Å². The molecular formula is C13H20N2. The summed E-state index contributed by atoms with van der Waals surface area (Å²) >= 11 is 0. The van der Waals surface area contributed by atoms with Crippen LogP contribution in [-0.4, -0.2) is 11.0 Å². The van der Waals surface area contributed by atoms with Crippen molar-refractivity contribution >= 4 is 0 Å². The highest BCUT2D eigenvalue weighted by molar-refractivity contribution is 5.16. The van der Waals surface area contributed by atoms with E-state index in [2.05, 4.69) is 24.0 Å². The zero-order chi connectivity index (χ0) is 10.7. The fourth-order valence-electron chi connectivity index (χ4n) is 2.61. The third-order valence-corrected chi connectivity index (χ3v) is 3.69. The molecule has 0 spiro atoms. The summed E-state index contributed by atoms with van der Waals surface area (Å²) in [4.78, 5) is 4.06. The second-order valence-corrected chi connectivity index (χ2v) is 4.75. The van der Waals surface area contributed by atoms with Crippen LogP contribution in [0.1, 0.15) is 44.1 Å². The molecule has 1 aromatic heterocycles. The first kappa shape index (κ1) is 10.6. The molecular weight excluding hydrogens is 184 g/mol. The summed E-state index contributed by atoms with van der Waals surface area (Å²) in [6, 6.07) is 4.66. The van der Waals surface area contributed by atoms with Gasteiger partial charge >= 0.3 is 0 Å². The number of aromatic nitrogens is 1. The Morgan fingerprint density at radius 1 is 1.20 bits per heavy atom. The summed E-state index contributed by atoms with van der Waals surface area (Å²) < 4.78 is 0. The molecule has 2 nitrogen and oxygen atoms in total. The second kappa shape index (κ2) is 4.75. The van der Waals surface area contributed by atoms with Crippen LogP contribution in [-0.2, 0) is 0 Å². The second-order valence-electron chi connectivity index (χ2n) is 4.75. The van der Waals surface area contributed by atoms with Crippen LogP contribution >= 0.6 is 0 Å². The number of nitrogens with two attached hydrogens (primary N) is 1. The summed E-state index contributed by atoms with van der Waals surface area (Å²) in [5, 5.41) is 0. The molecule has 2 heteroatoms. The van der Waals surface area contributed by atoms with Crippen LogP contribution in [0.4, 0.5) is 0 Å². The minimum absolute atomic E-state index is 0.364. The van der Waals surface area contributed by atoms with Gasteiger partial charge in [-0.3, -0.25) is 4.98 Å². The van der Waals surface area contributed by atoms with Gasteiger partial charge in [-0.15, -0.1) is 0 Å². The van der Waals surface area contributed by atoms with Gasteiger partial charge in [0.1, 0.15) is 0 Å². The molecule has 1 aliphatic rings. The highest BCUT2D eigenvalue weighted by atomic mass is 14.6. The average Bonchev–Trinajstić information content (AvgIpc) is 2.30. The minimum atomic E-state index is 0.364. The number of nitrogens with zero attached hydrogens (tertiary/aromatic N) is 1. The summed E-state index contributed by atoms with van der Waals surface area (Å²) in [5.41, 5.74) is 7.39. The Balaban J connectivity index is 1.94. The van der Waals surface area contributed by atoms with E-state index in [4.69, 9.17) is 5.73 Å². The average molecular weight is 204 g/mol. The maximum absolute atomic E-state index is 5.94. The quantitative estimate of drug-likeness (QED) is 0.804. The van der Waals surface area contributed by atoms with E-state index < -0.39 is 0 Å². The fourth-order valence-corrected chi connectivity index (χ4v) is 2.61. The lowest BCUT2D eigenvalue weighted by atomic mass is 9.77. The monoisotopic (exact) mass is 204 g/mol. The smallest absolute Gasteiger partial charge is 0.0270 e. The van der Waals surface area contributed by atoms with Crippen molar-refractivity contribution in [1.82, 2.24) is 4.98 Å². The summed E-state index contributed by atoms with van der Waals surface area (Å²) in [6.45, 7) is 2.14. The fraction of sp³-hybridized carbons (Fsp3) is 0.615. The molecule has 1 heterocycles. The van der Waals surface area contributed by atoms with Crippen molar-refractivity contribution in [3.05, 3.63) is 30.1 Å². The molecule has 82 valence electrons. The Hall–Kier alpha value is -0.890. The minimum Gasteiger partial charge on any atom is -0.328 e. The molecule has 0 aliphatic heterocycles. The number of rotatable bonds is 2. The van der Waals surface area contributed by atoms with Crippen LogP contribution in [0.2, 0.25) is 0 Å². The van der Waals surface area contributed by atoms with E-state index in [1.165, 1.54) is 31.2 Å². The molecule has 1 aliphatic carbocycles. The third kappa shape index (κ3) is 2.57. The van der Waals surface area contributed by atoms with E-state index in [-0.39, 0.29) is 0 Å². The van der Waals surface area contributed by atoms with Gasteiger partial charge in [0, 0.05) is 18.4 Å². The van der Waals surface area contributed by atoms with Gasteiger partial charge in [0.25, 0.3) is 0 Å². The van der Waals surface area contributed by atoms with Gasteiger partial charge in [-0.2, -0.15) is 0 Å². The van der Waals surface area contributed by atoms with E-state index in [9.17, 15) is 0 Å². The maximum Gasteiger partial charge on any atom is 0.0270 e. The predicted octanol–water partition coefficient (Wildman–Crippen LogP) is 2.70. The number of pyridine rings is 1. The van der Waals surface area contributed by atoms with Crippen molar-refractivity contribution in [3.8, 4) is 0 Å². The van der Waals surface area contributed by atoms with Gasteiger partial charge in [0.2, 0.25) is 0 Å². The van der Waals surface area contributed by atoms with Crippen molar-refractivity contribution in [2.45, 2.75) is 44.6 Å². The number of hydrogen-bond acceptors (Lipinski definition) is 2. The van der Waals surface area contributed by atoms with E-state index >= 15 is 0 Å². The van der Waals surface area contributed by atoms with Crippen molar-refractivity contribution in [2.75, 3.05) is 0 Å². The molecule has 1 fully saturated rings. The van der Waals surface area contributed by atoms with Crippen molar-refractivity contribution < 1.29 is 0 Å². The summed E-state index contributed by atoms with van der Waals surface area (Å²) in [5.74, 6) is 1.48. The molecule has 1 atom stereocenters. The molecule has 1 saturated carbocycles. The van der Waals surface area contributed by atoms with Gasteiger partial charge in [0.05, 0.1) is 0 Å². The Labute approximate surface area is 91.9 Å². The Morgan fingerprint density at radius 2 is 1.80 bits per heavy atom. The van der Waals surface area contributed by atoms with Crippen LogP contribution in [0.3, 0.4) is 0 Å². The summed E-state index contributed by atoms with van der Waals surface area (Å²) in [6.07, 6.45) is 8.93. The van der Waals surface area contributed by atoms with Gasteiger partial charge < -0.3 is 5.73 Å². The largest absolute Gasteiger partial charge is 0.328 e. The Kier molecular flexibility index (Phi) is 3.37. The molecule has 0 radical (unpaired) electrons. The molecule has 0 aromatic carbocycles. The Bertz CT molecular complexity index is 287. The first-order valence-electron chi connectivity index (χ1n) is 5.93. The molecule has 0 amide bonds. The van der Waals surface area contributed by atoms with Gasteiger partial charge in [0.15, 0.2) is 0 Å². The van der Waals surface area contributed by atoms with Gasteiger partial charge in [-0.05, 0) is 62.1 Å². The van der Waals surface area contributed by atoms with Crippen molar-refractivity contribution in [3.63, 3.8) is 0 Å². The molecule has 2 N–H and O–H groups in total. The highest BCUT2D eigenvalue weighted by Crippen LogP contribution is 2.36. The lowest BCUT2D eigenvalue weighted by molar-refractivity contribution is 0.291. The molecule has 2 rings (SSSR count). The lowest BCUT2D eigenvalue weighted by Crippen LogP contribution is -2.29. The predicted molar refractivity (Wildman–Crippen MR) is 62.6 cm³/mol.